The Labute approximate surface area is 192 Å². The molecule has 3 aromatic carbocycles. The third-order valence-corrected chi connectivity index (χ3v) is 5.80. The average Bonchev–Trinajstić information content (AvgIpc) is 3.07. The minimum Gasteiger partial charge on any atom is -0.496 e. The van der Waals surface area contributed by atoms with Crippen molar-refractivity contribution in [3.05, 3.63) is 93.8 Å². The summed E-state index contributed by atoms with van der Waals surface area (Å²) in [6, 6.07) is 19.4. The zero-order chi connectivity index (χ0) is 22.8. The molecule has 0 aliphatic rings. The lowest BCUT2D eigenvalue weighted by Crippen LogP contribution is -2.18. The molecule has 32 heavy (non-hydrogen) atoms. The average molecular weight is 446 g/mol. The molecule has 0 saturated carbocycles. The number of carbonyl (C=O) groups excluding carboxylic acids is 1. The number of hydrogen-bond acceptors (Lipinski definition) is 3. The van der Waals surface area contributed by atoms with Gasteiger partial charge in [0.25, 0.3) is 5.91 Å². The predicted octanol–water partition coefficient (Wildman–Crippen LogP) is 5.98. The summed E-state index contributed by atoms with van der Waals surface area (Å²) < 4.78 is 7.56. The molecule has 6 heteroatoms. The van der Waals surface area contributed by atoms with E-state index in [1.54, 1.807) is 13.3 Å². The van der Waals surface area contributed by atoms with E-state index < -0.39 is 0 Å². The quantitative estimate of drug-likeness (QED) is 0.303. The van der Waals surface area contributed by atoms with E-state index in [4.69, 9.17) is 16.3 Å². The standard InChI is InChI=1S/C26H24ClN3O2/c1-16-9-10-22(27)14-24(16)30-17(2)11-21(18(30)3)15-28-29-26(31)23-12-19-7-5-6-8-20(19)13-25(23)32-4/h5-15H,1-4H3,(H,29,31)/b28-15-. The molecule has 162 valence electrons. The number of rotatable bonds is 5. The smallest absolute Gasteiger partial charge is 0.275 e. The number of amides is 1. The highest BCUT2D eigenvalue weighted by molar-refractivity contribution is 6.30. The van der Waals surface area contributed by atoms with Crippen LogP contribution in [0.3, 0.4) is 0 Å². The van der Waals surface area contributed by atoms with Crippen LogP contribution in [-0.2, 0) is 0 Å². The van der Waals surface area contributed by atoms with Crippen LogP contribution in [0.1, 0.15) is 32.9 Å². The van der Waals surface area contributed by atoms with Gasteiger partial charge in [-0.05, 0) is 67.4 Å². The van der Waals surface area contributed by atoms with Gasteiger partial charge >= 0.3 is 0 Å². The molecule has 0 unspecified atom stereocenters. The molecular weight excluding hydrogens is 422 g/mol. The van der Waals surface area contributed by atoms with Crippen LogP contribution >= 0.6 is 11.6 Å². The van der Waals surface area contributed by atoms with Gasteiger partial charge in [-0.3, -0.25) is 4.79 Å². The summed E-state index contributed by atoms with van der Waals surface area (Å²) in [5, 5.41) is 6.86. The van der Waals surface area contributed by atoms with Gasteiger partial charge in [-0.15, -0.1) is 0 Å². The molecule has 4 aromatic rings. The first-order valence-corrected chi connectivity index (χ1v) is 10.6. The number of nitrogens with one attached hydrogen (secondary N) is 1. The maximum Gasteiger partial charge on any atom is 0.275 e. The summed E-state index contributed by atoms with van der Waals surface area (Å²) in [7, 11) is 1.55. The zero-order valence-electron chi connectivity index (χ0n) is 18.4. The first-order valence-electron chi connectivity index (χ1n) is 10.2. The number of aromatic nitrogens is 1. The van der Waals surface area contributed by atoms with Gasteiger partial charge in [0.2, 0.25) is 0 Å². The number of nitrogens with zero attached hydrogens (tertiary/aromatic N) is 2. The van der Waals surface area contributed by atoms with E-state index in [-0.39, 0.29) is 5.91 Å². The third kappa shape index (κ3) is 4.12. The second kappa shape index (κ2) is 8.89. The summed E-state index contributed by atoms with van der Waals surface area (Å²) >= 11 is 6.22. The van der Waals surface area contributed by atoms with Gasteiger partial charge in [-0.1, -0.05) is 41.9 Å². The number of hydrazone groups is 1. The van der Waals surface area contributed by atoms with E-state index in [0.717, 1.165) is 39.0 Å². The Bertz CT molecular complexity index is 1350. The molecule has 1 heterocycles. The van der Waals surface area contributed by atoms with E-state index in [1.165, 1.54) is 0 Å². The molecule has 1 amide bonds. The number of aryl methyl sites for hydroxylation is 2. The lowest BCUT2D eigenvalue weighted by molar-refractivity contribution is 0.0952. The number of benzene rings is 3. The predicted molar refractivity (Wildman–Crippen MR) is 131 cm³/mol. The molecule has 0 atom stereocenters. The largest absolute Gasteiger partial charge is 0.496 e. The Morgan fingerprint density at radius 1 is 1.03 bits per heavy atom. The summed E-state index contributed by atoms with van der Waals surface area (Å²) in [4.78, 5) is 12.8. The molecule has 0 aliphatic carbocycles. The van der Waals surface area contributed by atoms with Crippen molar-refractivity contribution < 1.29 is 9.53 Å². The fourth-order valence-corrected chi connectivity index (χ4v) is 4.07. The molecule has 0 saturated heterocycles. The van der Waals surface area contributed by atoms with E-state index in [1.807, 2.05) is 74.5 Å². The minimum absolute atomic E-state index is 0.330. The first kappa shape index (κ1) is 21.7. The SMILES string of the molecule is COc1cc2ccccc2cc1C(=O)N/N=C\c1cc(C)n(-c2cc(Cl)ccc2C)c1C. The molecule has 1 N–H and O–H groups in total. The van der Waals surface area contributed by atoms with Gasteiger partial charge in [-0.25, -0.2) is 5.43 Å². The zero-order valence-corrected chi connectivity index (χ0v) is 19.2. The van der Waals surface area contributed by atoms with Crippen molar-refractivity contribution in [3.63, 3.8) is 0 Å². The van der Waals surface area contributed by atoms with Crippen molar-refractivity contribution in [3.8, 4) is 11.4 Å². The van der Waals surface area contributed by atoms with Gasteiger partial charge in [0.05, 0.1) is 18.9 Å². The highest BCUT2D eigenvalue weighted by Crippen LogP contribution is 2.27. The van der Waals surface area contributed by atoms with Crippen molar-refractivity contribution >= 4 is 34.5 Å². The number of carbonyl (C=O) groups is 1. The number of halogens is 1. The Morgan fingerprint density at radius 3 is 2.47 bits per heavy atom. The van der Waals surface area contributed by atoms with Crippen LogP contribution in [0.15, 0.2) is 65.8 Å². The van der Waals surface area contributed by atoms with Crippen LogP contribution in [0.5, 0.6) is 5.75 Å². The van der Waals surface area contributed by atoms with Gasteiger partial charge in [-0.2, -0.15) is 5.10 Å². The summed E-state index contributed by atoms with van der Waals surface area (Å²) in [5.41, 5.74) is 8.17. The second-order valence-corrected chi connectivity index (χ2v) is 8.13. The Balaban J connectivity index is 1.59. The van der Waals surface area contributed by atoms with Crippen molar-refractivity contribution in [2.24, 2.45) is 5.10 Å². The fraction of sp³-hybridized carbons (Fsp3) is 0.154. The minimum atomic E-state index is -0.330. The lowest BCUT2D eigenvalue weighted by atomic mass is 10.1. The molecule has 0 spiro atoms. The Kier molecular flexibility index (Phi) is 6.01. The number of ether oxygens (including phenoxy) is 1. The maximum absolute atomic E-state index is 12.8. The van der Waals surface area contributed by atoms with Crippen LogP contribution in [-0.4, -0.2) is 23.8 Å². The summed E-state index contributed by atoms with van der Waals surface area (Å²) in [6.45, 7) is 6.10. The number of fused-ring (bicyclic) bond motifs is 1. The highest BCUT2D eigenvalue weighted by Gasteiger charge is 2.14. The lowest BCUT2D eigenvalue weighted by Gasteiger charge is -2.13. The molecule has 0 aliphatic heterocycles. The normalized spacial score (nSPS) is 11.3. The molecule has 0 bridgehead atoms. The third-order valence-electron chi connectivity index (χ3n) is 5.56. The Morgan fingerprint density at radius 2 is 1.75 bits per heavy atom. The van der Waals surface area contributed by atoms with Gasteiger partial charge in [0.1, 0.15) is 5.75 Å². The van der Waals surface area contributed by atoms with Crippen LogP contribution in [0, 0.1) is 20.8 Å². The molecule has 0 fully saturated rings. The number of methoxy groups -OCH3 is 1. The summed E-state index contributed by atoms with van der Waals surface area (Å²) in [6.07, 6.45) is 1.66. The monoisotopic (exact) mass is 445 g/mol. The molecular formula is C26H24ClN3O2. The molecule has 0 radical (unpaired) electrons. The topological polar surface area (TPSA) is 55.6 Å². The van der Waals surface area contributed by atoms with E-state index >= 15 is 0 Å². The number of hydrogen-bond donors (Lipinski definition) is 1. The first-order chi connectivity index (χ1) is 15.4. The van der Waals surface area contributed by atoms with Crippen LogP contribution in [0.25, 0.3) is 16.5 Å². The van der Waals surface area contributed by atoms with Crippen molar-refractivity contribution in [2.75, 3.05) is 7.11 Å². The Hall–Kier alpha value is -3.57. The van der Waals surface area contributed by atoms with E-state index in [0.29, 0.717) is 16.3 Å². The highest BCUT2D eigenvalue weighted by atomic mass is 35.5. The van der Waals surface area contributed by atoms with E-state index in [9.17, 15) is 4.79 Å². The summed E-state index contributed by atoms with van der Waals surface area (Å²) in [5.74, 6) is 0.175. The van der Waals surface area contributed by atoms with Crippen LogP contribution in [0.4, 0.5) is 0 Å². The fourth-order valence-electron chi connectivity index (χ4n) is 3.90. The van der Waals surface area contributed by atoms with Gasteiger partial charge in [0, 0.05) is 27.7 Å². The van der Waals surface area contributed by atoms with Gasteiger partial charge < -0.3 is 9.30 Å². The maximum atomic E-state index is 12.8. The molecule has 1 aromatic heterocycles. The van der Waals surface area contributed by atoms with Crippen molar-refractivity contribution in [2.45, 2.75) is 20.8 Å². The molecule has 4 rings (SSSR count). The van der Waals surface area contributed by atoms with E-state index in [2.05, 4.69) is 22.0 Å². The van der Waals surface area contributed by atoms with Gasteiger partial charge in [0.15, 0.2) is 0 Å². The van der Waals surface area contributed by atoms with Crippen LogP contribution < -0.4 is 10.2 Å². The second-order valence-electron chi connectivity index (χ2n) is 7.69. The van der Waals surface area contributed by atoms with Crippen LogP contribution in [0.2, 0.25) is 5.02 Å². The van der Waals surface area contributed by atoms with Crippen molar-refractivity contribution in [1.29, 1.82) is 0 Å². The van der Waals surface area contributed by atoms with Crippen molar-refractivity contribution in [1.82, 2.24) is 9.99 Å². The molecule has 5 nitrogen and oxygen atoms in total.